The lowest BCUT2D eigenvalue weighted by Gasteiger charge is -2.35. The topological polar surface area (TPSA) is 53.4 Å². The lowest BCUT2D eigenvalue weighted by molar-refractivity contribution is 0.0907. The van der Waals surface area contributed by atoms with Crippen LogP contribution in [0.2, 0.25) is 0 Å². The lowest BCUT2D eigenvalue weighted by Crippen LogP contribution is -2.47. The number of thioether (sulfide) groups is 1. The molecule has 162 valence electrons. The fourth-order valence-corrected chi connectivity index (χ4v) is 4.39. The Bertz CT molecular complexity index is 981. The quantitative estimate of drug-likeness (QED) is 0.577. The predicted molar refractivity (Wildman–Crippen MR) is 126 cm³/mol. The molecule has 7 heteroatoms. The van der Waals surface area contributed by atoms with Gasteiger partial charge in [-0.25, -0.2) is 4.98 Å². The van der Waals surface area contributed by atoms with Crippen molar-refractivity contribution in [3.05, 3.63) is 78.1 Å². The molecule has 1 unspecified atom stereocenters. The molecule has 2 heterocycles. The largest absolute Gasteiger partial charge is 0.344 e. The third-order valence-corrected chi connectivity index (χ3v) is 6.41. The summed E-state index contributed by atoms with van der Waals surface area (Å²) in [6.45, 7) is 4.97. The molecule has 1 amide bonds. The van der Waals surface area contributed by atoms with E-state index in [0.29, 0.717) is 5.56 Å². The van der Waals surface area contributed by atoms with Crippen molar-refractivity contribution >= 4 is 17.7 Å². The Balaban J connectivity index is 1.48. The van der Waals surface area contributed by atoms with Crippen molar-refractivity contribution in [2.45, 2.75) is 11.2 Å². The van der Waals surface area contributed by atoms with Gasteiger partial charge in [-0.1, -0.05) is 42.1 Å². The lowest BCUT2D eigenvalue weighted by atomic mass is 10.0. The molecule has 1 saturated heterocycles. The molecule has 0 radical (unpaired) electrons. The van der Waals surface area contributed by atoms with Gasteiger partial charge in [0.25, 0.3) is 5.91 Å². The fraction of sp³-hybridized carbons (Fsp3) is 0.333. The standard InChI is InChI=1S/C24H29N5OS/c1-27-14-16-28(17-15-27)18-22(19-6-4-3-5-7-19)26-23(30)20-8-10-21(11-9-20)29-13-12-25-24(29)31-2/h3-13,22H,14-18H2,1-2H3,(H,26,30). The molecule has 4 rings (SSSR count). The molecule has 1 atom stereocenters. The van der Waals surface area contributed by atoms with Gasteiger partial charge in [0.2, 0.25) is 0 Å². The molecule has 1 aliphatic heterocycles. The maximum Gasteiger partial charge on any atom is 0.251 e. The van der Waals surface area contributed by atoms with Gasteiger partial charge in [-0.2, -0.15) is 0 Å². The minimum absolute atomic E-state index is 0.0477. The van der Waals surface area contributed by atoms with E-state index in [1.807, 2.05) is 59.5 Å². The Morgan fingerprint density at radius 1 is 1.06 bits per heavy atom. The van der Waals surface area contributed by atoms with Crippen LogP contribution in [0.15, 0.2) is 72.1 Å². The highest BCUT2D eigenvalue weighted by molar-refractivity contribution is 7.98. The summed E-state index contributed by atoms with van der Waals surface area (Å²) in [6, 6.07) is 17.9. The van der Waals surface area contributed by atoms with Crippen molar-refractivity contribution in [2.75, 3.05) is 46.0 Å². The molecule has 0 spiro atoms. The fourth-order valence-electron chi connectivity index (χ4n) is 3.86. The summed E-state index contributed by atoms with van der Waals surface area (Å²) in [5.74, 6) is -0.0507. The first-order chi connectivity index (χ1) is 15.1. The number of carbonyl (C=O) groups excluding carboxylic acids is 1. The molecular formula is C24H29N5OS. The molecule has 6 nitrogen and oxygen atoms in total. The Morgan fingerprint density at radius 3 is 2.45 bits per heavy atom. The zero-order valence-electron chi connectivity index (χ0n) is 18.1. The molecular weight excluding hydrogens is 406 g/mol. The monoisotopic (exact) mass is 435 g/mol. The van der Waals surface area contributed by atoms with E-state index >= 15 is 0 Å². The number of piperazine rings is 1. The SMILES string of the molecule is CSc1nccn1-c1ccc(C(=O)NC(CN2CCN(C)CC2)c2ccccc2)cc1. The first kappa shape index (κ1) is 21.6. The van der Waals surface area contributed by atoms with E-state index in [1.165, 1.54) is 0 Å². The van der Waals surface area contributed by atoms with Gasteiger partial charge in [-0.15, -0.1) is 0 Å². The van der Waals surface area contributed by atoms with Gasteiger partial charge in [-0.3, -0.25) is 14.3 Å². The number of aromatic nitrogens is 2. The van der Waals surface area contributed by atoms with Gasteiger partial charge in [0.1, 0.15) is 0 Å². The molecule has 1 aromatic heterocycles. The summed E-state index contributed by atoms with van der Waals surface area (Å²) in [6.07, 6.45) is 5.72. The maximum atomic E-state index is 13.1. The second-order valence-corrected chi connectivity index (χ2v) is 8.64. The van der Waals surface area contributed by atoms with Crippen LogP contribution in [0.4, 0.5) is 0 Å². The summed E-state index contributed by atoms with van der Waals surface area (Å²) < 4.78 is 2.02. The Hall–Kier alpha value is -2.61. The molecule has 3 aromatic rings. The summed E-state index contributed by atoms with van der Waals surface area (Å²) >= 11 is 1.59. The van der Waals surface area contributed by atoms with E-state index in [9.17, 15) is 4.79 Å². The van der Waals surface area contributed by atoms with Crippen molar-refractivity contribution in [2.24, 2.45) is 0 Å². The zero-order valence-corrected chi connectivity index (χ0v) is 18.9. The molecule has 1 aliphatic rings. The van der Waals surface area contributed by atoms with E-state index in [2.05, 4.69) is 39.3 Å². The van der Waals surface area contributed by atoms with E-state index < -0.39 is 0 Å². The van der Waals surface area contributed by atoms with Crippen LogP contribution in [0.1, 0.15) is 22.0 Å². The van der Waals surface area contributed by atoms with Crippen LogP contribution in [0, 0.1) is 0 Å². The second-order valence-electron chi connectivity index (χ2n) is 7.87. The van der Waals surface area contributed by atoms with Crippen molar-refractivity contribution in [3.8, 4) is 5.69 Å². The molecule has 0 aliphatic carbocycles. The van der Waals surface area contributed by atoms with Crippen molar-refractivity contribution < 1.29 is 4.79 Å². The number of carbonyl (C=O) groups is 1. The highest BCUT2D eigenvalue weighted by Crippen LogP contribution is 2.20. The van der Waals surface area contributed by atoms with Crippen LogP contribution >= 0.6 is 11.8 Å². The third kappa shape index (κ3) is 5.36. The van der Waals surface area contributed by atoms with Gasteiger partial charge in [0.05, 0.1) is 6.04 Å². The molecule has 2 aromatic carbocycles. The normalized spacial score (nSPS) is 16.2. The van der Waals surface area contributed by atoms with Crippen LogP contribution in [0.3, 0.4) is 0 Å². The van der Waals surface area contributed by atoms with Gasteiger partial charge in [-0.05, 0) is 43.1 Å². The second kappa shape index (κ2) is 10.1. The molecule has 31 heavy (non-hydrogen) atoms. The molecule has 1 fully saturated rings. The molecule has 0 bridgehead atoms. The number of imidazole rings is 1. The van der Waals surface area contributed by atoms with Crippen molar-refractivity contribution in [3.63, 3.8) is 0 Å². The average molecular weight is 436 g/mol. The summed E-state index contributed by atoms with van der Waals surface area (Å²) in [5.41, 5.74) is 2.79. The first-order valence-electron chi connectivity index (χ1n) is 10.6. The zero-order chi connectivity index (χ0) is 21.6. The van der Waals surface area contributed by atoms with Crippen LogP contribution in [-0.4, -0.2) is 71.3 Å². The number of nitrogens with zero attached hydrogens (tertiary/aromatic N) is 4. The van der Waals surface area contributed by atoms with Crippen LogP contribution in [0.25, 0.3) is 5.69 Å². The number of likely N-dealkylation sites (N-methyl/N-ethyl adjacent to an activating group) is 1. The first-order valence-corrected chi connectivity index (χ1v) is 11.8. The number of nitrogens with one attached hydrogen (secondary N) is 1. The summed E-state index contributed by atoms with van der Waals surface area (Å²) in [5, 5.41) is 4.19. The highest BCUT2D eigenvalue weighted by Gasteiger charge is 2.21. The Kier molecular flexibility index (Phi) is 7.06. The smallest absolute Gasteiger partial charge is 0.251 e. The number of hydrogen-bond donors (Lipinski definition) is 1. The minimum atomic E-state index is -0.0507. The Labute approximate surface area is 188 Å². The summed E-state index contributed by atoms with van der Waals surface area (Å²) in [7, 11) is 2.16. The predicted octanol–water partition coefficient (Wildman–Crippen LogP) is 3.31. The third-order valence-electron chi connectivity index (χ3n) is 5.74. The number of amides is 1. The molecule has 0 saturated carbocycles. The number of hydrogen-bond acceptors (Lipinski definition) is 5. The van der Waals surface area contributed by atoms with Gasteiger partial charge in [0, 0.05) is 56.4 Å². The number of rotatable bonds is 7. The van der Waals surface area contributed by atoms with Crippen LogP contribution < -0.4 is 5.32 Å². The van der Waals surface area contributed by atoms with Crippen LogP contribution in [-0.2, 0) is 0 Å². The van der Waals surface area contributed by atoms with Gasteiger partial charge < -0.3 is 10.2 Å². The van der Waals surface area contributed by atoms with Gasteiger partial charge >= 0.3 is 0 Å². The summed E-state index contributed by atoms with van der Waals surface area (Å²) in [4.78, 5) is 22.2. The Morgan fingerprint density at radius 2 is 1.77 bits per heavy atom. The van der Waals surface area contributed by atoms with Gasteiger partial charge in [0.15, 0.2) is 5.16 Å². The maximum absolute atomic E-state index is 13.1. The van der Waals surface area contributed by atoms with Crippen molar-refractivity contribution in [1.82, 2.24) is 24.7 Å². The van der Waals surface area contributed by atoms with E-state index in [4.69, 9.17) is 0 Å². The number of benzene rings is 2. The van der Waals surface area contributed by atoms with E-state index in [0.717, 1.165) is 49.1 Å². The van der Waals surface area contributed by atoms with E-state index in [1.54, 1.807) is 18.0 Å². The van der Waals surface area contributed by atoms with E-state index in [-0.39, 0.29) is 11.9 Å². The average Bonchev–Trinajstić information content (AvgIpc) is 3.29. The van der Waals surface area contributed by atoms with Crippen LogP contribution in [0.5, 0.6) is 0 Å². The minimum Gasteiger partial charge on any atom is -0.344 e. The highest BCUT2D eigenvalue weighted by atomic mass is 32.2. The van der Waals surface area contributed by atoms with Crippen molar-refractivity contribution in [1.29, 1.82) is 0 Å². The molecule has 1 N–H and O–H groups in total.